The Labute approximate surface area is 184 Å². The fourth-order valence-electron chi connectivity index (χ4n) is 2.37. The molecule has 1 aromatic heterocycles. The predicted octanol–water partition coefficient (Wildman–Crippen LogP) is 1.79. The maximum atomic E-state index is 12.9. The first-order valence-electron chi connectivity index (χ1n) is 9.40. The number of carboxylic acid groups (broad SMARTS) is 1. The van der Waals surface area contributed by atoms with Crippen LogP contribution in [-0.4, -0.2) is 47.2 Å². The van der Waals surface area contributed by atoms with Crippen molar-refractivity contribution in [3.05, 3.63) is 77.9 Å². The Bertz CT molecular complexity index is 1150. The molecule has 9 nitrogen and oxygen atoms in total. The highest BCUT2D eigenvalue weighted by Crippen LogP contribution is 2.15. The standard InChI is InChI=1S/C11H7FN2O2.C10H16N2O3S/c12-9-3-1-2-7(4-9)10-13-5-8(6-14-10)11(15)16;1-8(13)7-12-16(14,15)10-4-2-3-9(5-10)6-11/h1-6H,(H,15,16);2-5,8,12-13H,6-7,11H2,1H3. The van der Waals surface area contributed by atoms with E-state index >= 15 is 0 Å². The molecule has 0 spiro atoms. The predicted molar refractivity (Wildman–Crippen MR) is 116 cm³/mol. The van der Waals surface area contributed by atoms with Crippen LogP contribution in [0, 0.1) is 5.82 Å². The maximum absolute atomic E-state index is 12.9. The molecule has 3 rings (SSSR count). The van der Waals surface area contributed by atoms with E-state index in [2.05, 4.69) is 14.7 Å². The van der Waals surface area contributed by atoms with E-state index in [1.807, 2.05) is 0 Å². The third-order valence-corrected chi connectivity index (χ3v) is 5.42. The molecule has 32 heavy (non-hydrogen) atoms. The number of hydrogen-bond acceptors (Lipinski definition) is 7. The average molecular weight is 463 g/mol. The Kier molecular flexibility index (Phi) is 8.91. The monoisotopic (exact) mass is 462 g/mol. The summed E-state index contributed by atoms with van der Waals surface area (Å²) in [5.41, 5.74) is 6.69. The topological polar surface area (TPSA) is 156 Å². The number of nitrogens with two attached hydrogens (primary N) is 1. The molecule has 5 N–H and O–H groups in total. The molecule has 0 aliphatic heterocycles. The van der Waals surface area contributed by atoms with Crippen LogP contribution < -0.4 is 10.5 Å². The van der Waals surface area contributed by atoms with E-state index in [4.69, 9.17) is 15.9 Å². The van der Waals surface area contributed by atoms with Gasteiger partial charge in [0, 0.05) is 31.0 Å². The summed E-state index contributed by atoms with van der Waals surface area (Å²) in [6.07, 6.45) is 1.66. The van der Waals surface area contributed by atoms with Crippen LogP contribution >= 0.6 is 0 Å². The quantitative estimate of drug-likeness (QED) is 0.414. The molecule has 1 heterocycles. The smallest absolute Gasteiger partial charge is 0.338 e. The van der Waals surface area contributed by atoms with Crippen molar-refractivity contribution < 1.29 is 27.8 Å². The van der Waals surface area contributed by atoms with Gasteiger partial charge in [-0.3, -0.25) is 0 Å². The molecule has 1 unspecified atom stereocenters. The van der Waals surface area contributed by atoms with Crippen LogP contribution in [0.25, 0.3) is 11.4 Å². The molecule has 3 aromatic rings. The van der Waals surface area contributed by atoms with Crippen molar-refractivity contribution in [1.82, 2.24) is 14.7 Å². The highest BCUT2D eigenvalue weighted by molar-refractivity contribution is 7.89. The third kappa shape index (κ3) is 7.46. The van der Waals surface area contributed by atoms with Gasteiger partial charge in [0.05, 0.1) is 16.6 Å². The number of aromatic carboxylic acids is 1. The average Bonchev–Trinajstić information content (AvgIpc) is 2.78. The van der Waals surface area contributed by atoms with E-state index in [-0.39, 0.29) is 22.8 Å². The first kappa shape index (κ1) is 25.0. The molecule has 0 amide bonds. The number of carbonyl (C=O) groups is 1. The van der Waals surface area contributed by atoms with Gasteiger partial charge in [-0.15, -0.1) is 0 Å². The van der Waals surface area contributed by atoms with Crippen molar-refractivity contribution in [1.29, 1.82) is 0 Å². The summed E-state index contributed by atoms with van der Waals surface area (Å²) in [7, 11) is -3.55. The molecule has 0 saturated heterocycles. The maximum Gasteiger partial charge on any atom is 0.338 e. The lowest BCUT2D eigenvalue weighted by atomic mass is 10.2. The highest BCUT2D eigenvalue weighted by Gasteiger charge is 2.14. The minimum Gasteiger partial charge on any atom is -0.478 e. The van der Waals surface area contributed by atoms with E-state index < -0.39 is 22.1 Å². The molecule has 2 aromatic carbocycles. The van der Waals surface area contributed by atoms with Gasteiger partial charge in [0.1, 0.15) is 5.82 Å². The molecular weight excluding hydrogens is 439 g/mol. The second-order valence-electron chi connectivity index (χ2n) is 6.66. The second-order valence-corrected chi connectivity index (χ2v) is 8.43. The van der Waals surface area contributed by atoms with Crippen molar-refractivity contribution in [3.63, 3.8) is 0 Å². The number of aromatic nitrogens is 2. The van der Waals surface area contributed by atoms with Gasteiger partial charge < -0.3 is 15.9 Å². The van der Waals surface area contributed by atoms with Crippen LogP contribution in [0.5, 0.6) is 0 Å². The van der Waals surface area contributed by atoms with Gasteiger partial charge in [0.2, 0.25) is 10.0 Å². The van der Waals surface area contributed by atoms with Crippen LogP contribution in [0.4, 0.5) is 4.39 Å². The molecule has 11 heteroatoms. The third-order valence-electron chi connectivity index (χ3n) is 3.99. The minimum absolute atomic E-state index is 0.000142. The number of sulfonamides is 1. The number of benzene rings is 2. The first-order valence-corrected chi connectivity index (χ1v) is 10.9. The Morgan fingerprint density at radius 2 is 1.81 bits per heavy atom. The molecule has 0 saturated carbocycles. The number of nitrogens with one attached hydrogen (secondary N) is 1. The lowest BCUT2D eigenvalue weighted by molar-refractivity contribution is 0.0696. The molecule has 0 bridgehead atoms. The van der Waals surface area contributed by atoms with E-state index in [1.165, 1.54) is 43.6 Å². The summed E-state index contributed by atoms with van der Waals surface area (Å²) in [6.45, 7) is 1.80. The molecule has 0 aliphatic rings. The molecule has 0 aliphatic carbocycles. The molecule has 1 atom stereocenters. The summed E-state index contributed by atoms with van der Waals surface area (Å²) < 4.78 is 38.7. The normalized spacial score (nSPS) is 11.9. The Hall–Kier alpha value is -3.25. The largest absolute Gasteiger partial charge is 0.478 e. The number of rotatable bonds is 7. The molecular formula is C21H23FN4O5S. The summed E-state index contributed by atoms with van der Waals surface area (Å²) in [4.78, 5) is 18.4. The second kappa shape index (κ2) is 11.4. The lowest BCUT2D eigenvalue weighted by Crippen LogP contribution is -2.30. The van der Waals surface area contributed by atoms with Gasteiger partial charge >= 0.3 is 5.97 Å². The van der Waals surface area contributed by atoms with Gasteiger partial charge in [-0.05, 0) is 36.8 Å². The van der Waals surface area contributed by atoms with E-state index in [1.54, 1.807) is 24.3 Å². The van der Waals surface area contributed by atoms with Crippen LogP contribution in [0.15, 0.2) is 65.8 Å². The summed E-state index contributed by atoms with van der Waals surface area (Å²) in [6, 6.07) is 12.2. The van der Waals surface area contributed by atoms with Gasteiger partial charge in [0.15, 0.2) is 5.82 Å². The number of carboxylic acids is 1. The fourth-order valence-corrected chi connectivity index (χ4v) is 3.56. The lowest BCUT2D eigenvalue weighted by Gasteiger charge is -2.09. The van der Waals surface area contributed by atoms with Crippen LogP contribution in [-0.2, 0) is 16.6 Å². The van der Waals surface area contributed by atoms with Crippen LogP contribution in [0.1, 0.15) is 22.8 Å². The summed E-state index contributed by atoms with van der Waals surface area (Å²) in [5, 5.41) is 17.7. The van der Waals surface area contributed by atoms with E-state index in [0.29, 0.717) is 17.9 Å². The van der Waals surface area contributed by atoms with Crippen molar-refractivity contribution in [3.8, 4) is 11.4 Å². The van der Waals surface area contributed by atoms with E-state index in [0.717, 1.165) is 5.56 Å². The zero-order valence-corrected chi connectivity index (χ0v) is 18.0. The Morgan fingerprint density at radius 3 is 2.38 bits per heavy atom. The van der Waals surface area contributed by atoms with Gasteiger partial charge in [-0.1, -0.05) is 24.3 Å². The molecule has 0 radical (unpaired) electrons. The van der Waals surface area contributed by atoms with Crippen LogP contribution in [0.3, 0.4) is 0 Å². The van der Waals surface area contributed by atoms with Gasteiger partial charge in [-0.2, -0.15) is 0 Å². The molecule has 0 fully saturated rings. The summed E-state index contributed by atoms with van der Waals surface area (Å²) >= 11 is 0. The first-order chi connectivity index (χ1) is 15.1. The van der Waals surface area contributed by atoms with Gasteiger partial charge in [0.25, 0.3) is 0 Å². The van der Waals surface area contributed by atoms with Crippen molar-refractivity contribution >= 4 is 16.0 Å². The number of hydrogen-bond donors (Lipinski definition) is 4. The van der Waals surface area contributed by atoms with E-state index in [9.17, 15) is 17.6 Å². The zero-order chi connectivity index (χ0) is 23.7. The molecule has 170 valence electrons. The zero-order valence-electron chi connectivity index (χ0n) is 17.1. The number of nitrogens with zero attached hydrogens (tertiary/aromatic N) is 2. The SMILES string of the molecule is CC(O)CNS(=O)(=O)c1cccc(CN)c1.O=C(O)c1cnc(-c2cccc(F)c2)nc1. The Balaban J connectivity index is 0.000000227. The van der Waals surface area contributed by atoms with Crippen molar-refractivity contribution in [2.24, 2.45) is 5.73 Å². The number of aliphatic hydroxyl groups excluding tert-OH is 1. The highest BCUT2D eigenvalue weighted by atomic mass is 32.2. The van der Waals surface area contributed by atoms with Crippen molar-refractivity contribution in [2.75, 3.05) is 6.54 Å². The number of halogens is 1. The Morgan fingerprint density at radius 1 is 1.16 bits per heavy atom. The van der Waals surface area contributed by atoms with Gasteiger partial charge in [-0.25, -0.2) is 32.3 Å². The summed E-state index contributed by atoms with van der Waals surface area (Å²) in [5.74, 6) is -1.18. The van der Waals surface area contributed by atoms with Crippen LogP contribution in [0.2, 0.25) is 0 Å². The fraction of sp³-hybridized carbons (Fsp3) is 0.190. The minimum atomic E-state index is -3.55. The van der Waals surface area contributed by atoms with Crippen molar-refractivity contribution in [2.45, 2.75) is 24.5 Å². The number of aliphatic hydroxyl groups is 1.